The number of rotatable bonds is 6. The molecule has 0 amide bonds. The van der Waals surface area contributed by atoms with E-state index in [0.717, 1.165) is 44.1 Å². The van der Waals surface area contributed by atoms with E-state index >= 15 is 0 Å². The van der Waals surface area contributed by atoms with Crippen molar-refractivity contribution in [1.29, 1.82) is 0 Å². The van der Waals surface area contributed by atoms with E-state index in [1.54, 1.807) is 10.9 Å². The average Bonchev–Trinajstić information content (AvgIpc) is 3.04. The van der Waals surface area contributed by atoms with E-state index in [2.05, 4.69) is 20.4 Å². The summed E-state index contributed by atoms with van der Waals surface area (Å²) in [7, 11) is 0. The fourth-order valence-corrected chi connectivity index (χ4v) is 2.75. The molecule has 1 fully saturated rings. The van der Waals surface area contributed by atoms with Gasteiger partial charge in [0.15, 0.2) is 0 Å². The van der Waals surface area contributed by atoms with Crippen LogP contribution in [0, 0.1) is 11.7 Å². The minimum Gasteiger partial charge on any atom is -0.475 e. The lowest BCUT2D eigenvalue weighted by Crippen LogP contribution is -2.23. The third-order valence-corrected chi connectivity index (χ3v) is 4.20. The SMILES string of the molecule is CCn1cc(Nc2ncc(F)c(OC[C@H]3CC[C@H](O)CC3)n2)cn1. The van der Waals surface area contributed by atoms with Crippen molar-refractivity contribution in [3.8, 4) is 5.88 Å². The Bertz CT molecular complexity index is 670. The second kappa shape index (κ2) is 7.57. The third kappa shape index (κ3) is 4.19. The molecule has 24 heavy (non-hydrogen) atoms. The maximum atomic E-state index is 13.8. The Balaban J connectivity index is 1.60. The molecule has 2 heterocycles. The van der Waals surface area contributed by atoms with Gasteiger partial charge >= 0.3 is 0 Å². The molecule has 2 N–H and O–H groups in total. The molecule has 0 radical (unpaired) electrons. The highest BCUT2D eigenvalue weighted by Gasteiger charge is 2.20. The van der Waals surface area contributed by atoms with Crippen LogP contribution in [0.15, 0.2) is 18.6 Å². The Morgan fingerprint density at radius 2 is 2.12 bits per heavy atom. The van der Waals surface area contributed by atoms with E-state index < -0.39 is 5.82 Å². The lowest BCUT2D eigenvalue weighted by atomic mass is 9.88. The molecule has 0 unspecified atom stereocenters. The lowest BCUT2D eigenvalue weighted by molar-refractivity contribution is 0.0899. The van der Waals surface area contributed by atoms with Crippen LogP contribution in [0.25, 0.3) is 0 Å². The number of anilines is 2. The first-order valence-corrected chi connectivity index (χ1v) is 8.27. The second-order valence-corrected chi connectivity index (χ2v) is 6.04. The predicted molar refractivity (Wildman–Crippen MR) is 86.6 cm³/mol. The minimum absolute atomic E-state index is 0.0542. The number of nitrogens with one attached hydrogen (secondary N) is 1. The monoisotopic (exact) mass is 335 g/mol. The molecule has 0 aliphatic heterocycles. The van der Waals surface area contributed by atoms with Crippen LogP contribution in [0.1, 0.15) is 32.6 Å². The van der Waals surface area contributed by atoms with Crippen LogP contribution < -0.4 is 10.1 Å². The summed E-state index contributed by atoms with van der Waals surface area (Å²) >= 11 is 0. The summed E-state index contributed by atoms with van der Waals surface area (Å²) in [5.41, 5.74) is 0.732. The normalized spacial score (nSPS) is 20.8. The molecule has 8 heteroatoms. The van der Waals surface area contributed by atoms with Gasteiger partial charge in [-0.1, -0.05) is 0 Å². The van der Waals surface area contributed by atoms with Crippen molar-refractivity contribution in [2.45, 2.75) is 45.3 Å². The lowest BCUT2D eigenvalue weighted by Gasteiger charge is -2.25. The summed E-state index contributed by atoms with van der Waals surface area (Å²) in [6, 6.07) is 0. The topological polar surface area (TPSA) is 85.1 Å². The Morgan fingerprint density at radius 1 is 1.33 bits per heavy atom. The number of nitrogens with zero attached hydrogens (tertiary/aromatic N) is 4. The molecule has 1 aliphatic carbocycles. The van der Waals surface area contributed by atoms with Gasteiger partial charge in [-0.3, -0.25) is 4.68 Å². The number of halogens is 1. The number of aliphatic hydroxyl groups is 1. The number of hydrogen-bond acceptors (Lipinski definition) is 6. The molecule has 2 aromatic heterocycles. The fourth-order valence-electron chi connectivity index (χ4n) is 2.75. The number of aryl methyl sites for hydroxylation is 1. The average molecular weight is 335 g/mol. The molecule has 3 rings (SSSR count). The van der Waals surface area contributed by atoms with Crippen LogP contribution in [0.5, 0.6) is 5.88 Å². The van der Waals surface area contributed by atoms with E-state index in [1.807, 2.05) is 13.1 Å². The van der Waals surface area contributed by atoms with Crippen molar-refractivity contribution in [2.75, 3.05) is 11.9 Å². The van der Waals surface area contributed by atoms with Gasteiger partial charge in [0.25, 0.3) is 5.88 Å². The van der Waals surface area contributed by atoms with Crippen molar-refractivity contribution >= 4 is 11.6 Å². The molecule has 0 aromatic carbocycles. The maximum Gasteiger partial charge on any atom is 0.255 e. The molecule has 1 saturated carbocycles. The van der Waals surface area contributed by atoms with E-state index in [0.29, 0.717) is 12.5 Å². The molecule has 0 spiro atoms. The summed E-state index contributed by atoms with van der Waals surface area (Å²) in [5, 5.41) is 16.6. The summed E-state index contributed by atoms with van der Waals surface area (Å²) in [5.74, 6) is -0.0507. The van der Waals surface area contributed by atoms with Crippen LogP contribution in [-0.2, 0) is 6.54 Å². The Morgan fingerprint density at radius 3 is 2.83 bits per heavy atom. The number of ether oxygens (including phenoxy) is 1. The largest absolute Gasteiger partial charge is 0.475 e. The van der Waals surface area contributed by atoms with Gasteiger partial charge in [0.2, 0.25) is 11.8 Å². The second-order valence-electron chi connectivity index (χ2n) is 6.04. The van der Waals surface area contributed by atoms with Crippen molar-refractivity contribution < 1.29 is 14.2 Å². The molecular formula is C16H22FN5O2. The van der Waals surface area contributed by atoms with E-state index in [1.165, 1.54) is 0 Å². The van der Waals surface area contributed by atoms with Crippen molar-refractivity contribution in [2.24, 2.45) is 5.92 Å². The van der Waals surface area contributed by atoms with Crippen LogP contribution in [0.2, 0.25) is 0 Å². The minimum atomic E-state index is -0.583. The van der Waals surface area contributed by atoms with Gasteiger partial charge in [0, 0.05) is 12.7 Å². The van der Waals surface area contributed by atoms with Gasteiger partial charge in [-0.2, -0.15) is 14.5 Å². The fraction of sp³-hybridized carbons (Fsp3) is 0.562. The van der Waals surface area contributed by atoms with Gasteiger partial charge in [0.1, 0.15) is 0 Å². The summed E-state index contributed by atoms with van der Waals surface area (Å²) in [4.78, 5) is 8.02. The molecule has 130 valence electrons. The molecule has 1 aliphatic rings. The highest BCUT2D eigenvalue weighted by atomic mass is 19.1. The highest BCUT2D eigenvalue weighted by molar-refractivity contribution is 5.50. The third-order valence-electron chi connectivity index (χ3n) is 4.20. The first-order chi connectivity index (χ1) is 11.6. The van der Waals surface area contributed by atoms with E-state index in [4.69, 9.17) is 4.74 Å². The first kappa shape index (κ1) is 16.6. The molecule has 2 aromatic rings. The van der Waals surface area contributed by atoms with Crippen LogP contribution in [0.3, 0.4) is 0 Å². The maximum absolute atomic E-state index is 13.8. The zero-order valence-corrected chi connectivity index (χ0v) is 13.7. The number of aliphatic hydroxyl groups excluding tert-OH is 1. The summed E-state index contributed by atoms with van der Waals surface area (Å²) in [6.07, 6.45) is 7.68. The molecule has 0 atom stereocenters. The molecular weight excluding hydrogens is 313 g/mol. The van der Waals surface area contributed by atoms with Gasteiger partial charge in [0.05, 0.1) is 30.8 Å². The smallest absolute Gasteiger partial charge is 0.255 e. The molecule has 7 nitrogen and oxygen atoms in total. The van der Waals surface area contributed by atoms with Gasteiger partial charge in [-0.15, -0.1) is 0 Å². The van der Waals surface area contributed by atoms with Crippen LogP contribution >= 0.6 is 0 Å². The van der Waals surface area contributed by atoms with E-state index in [9.17, 15) is 9.50 Å². The molecule has 0 bridgehead atoms. The summed E-state index contributed by atoms with van der Waals surface area (Å²) in [6.45, 7) is 3.14. The first-order valence-electron chi connectivity index (χ1n) is 8.27. The highest BCUT2D eigenvalue weighted by Crippen LogP contribution is 2.25. The number of hydrogen-bond donors (Lipinski definition) is 2. The number of aromatic nitrogens is 4. The summed E-state index contributed by atoms with van der Waals surface area (Å²) < 4.78 is 21.2. The quantitative estimate of drug-likeness (QED) is 0.844. The van der Waals surface area contributed by atoms with Gasteiger partial charge in [-0.05, 0) is 38.5 Å². The van der Waals surface area contributed by atoms with Gasteiger partial charge in [-0.25, -0.2) is 4.98 Å². The van der Waals surface area contributed by atoms with Crippen molar-refractivity contribution in [3.63, 3.8) is 0 Å². The van der Waals surface area contributed by atoms with Crippen molar-refractivity contribution in [3.05, 3.63) is 24.4 Å². The van der Waals surface area contributed by atoms with E-state index in [-0.39, 0.29) is 17.9 Å². The Hall–Kier alpha value is -2.22. The molecule has 0 saturated heterocycles. The standard InChI is InChI=1S/C16H22FN5O2/c1-2-22-9-12(7-19-22)20-16-18-8-14(17)15(21-16)24-10-11-3-5-13(23)6-4-11/h7-9,11,13,23H,2-6,10H2,1H3,(H,18,20,21)/t11-,13-. The van der Waals surface area contributed by atoms with Crippen LogP contribution in [-0.4, -0.2) is 37.6 Å². The Kier molecular flexibility index (Phi) is 5.24. The van der Waals surface area contributed by atoms with Gasteiger partial charge < -0.3 is 15.2 Å². The van der Waals surface area contributed by atoms with Crippen molar-refractivity contribution in [1.82, 2.24) is 19.7 Å². The van der Waals surface area contributed by atoms with Crippen LogP contribution in [0.4, 0.5) is 16.0 Å². The predicted octanol–water partition coefficient (Wildman–Crippen LogP) is 2.51. The zero-order chi connectivity index (χ0) is 16.9. The zero-order valence-electron chi connectivity index (χ0n) is 13.7. The Labute approximate surface area is 139 Å².